The molecule has 5 rings (SSSR count). The van der Waals surface area contributed by atoms with Crippen molar-refractivity contribution in [3.63, 3.8) is 0 Å². The van der Waals surface area contributed by atoms with Crippen LogP contribution in [0.15, 0.2) is 12.2 Å². The van der Waals surface area contributed by atoms with Gasteiger partial charge < -0.3 is 14.9 Å². The van der Waals surface area contributed by atoms with Crippen molar-refractivity contribution in [1.29, 1.82) is 0 Å². The van der Waals surface area contributed by atoms with Gasteiger partial charge in [0.2, 0.25) is 0 Å². The fraction of sp³-hybridized carbons (Fsp3) is 0.886. The van der Waals surface area contributed by atoms with Gasteiger partial charge in [-0.1, -0.05) is 46.8 Å². The molecule has 0 heterocycles. The van der Waals surface area contributed by atoms with Crippen LogP contribution in [0.3, 0.4) is 0 Å². The Morgan fingerprint density at radius 3 is 2.15 bits per heavy atom. The van der Waals surface area contributed by atoms with Gasteiger partial charge in [-0.25, -0.2) is 0 Å². The molecule has 0 bridgehead atoms. The van der Waals surface area contributed by atoms with Crippen molar-refractivity contribution in [3.8, 4) is 0 Å². The quantitative estimate of drug-likeness (QED) is 0.267. The highest BCUT2D eigenvalue weighted by molar-refractivity contribution is 5.76. The van der Waals surface area contributed by atoms with Gasteiger partial charge in [-0.15, -0.1) is 0 Å². The Kier molecular flexibility index (Phi) is 7.01. The molecule has 0 saturated heterocycles. The van der Waals surface area contributed by atoms with E-state index >= 15 is 0 Å². The highest BCUT2D eigenvalue weighted by Gasteiger charge is 2.72. The third-order valence-electron chi connectivity index (χ3n) is 14.3. The molecule has 0 unspecified atom stereocenters. The van der Waals surface area contributed by atoms with Crippen LogP contribution < -0.4 is 0 Å². The second kappa shape index (κ2) is 9.32. The summed E-state index contributed by atoms with van der Waals surface area (Å²) in [5.74, 6) is 1.13. The summed E-state index contributed by atoms with van der Waals surface area (Å²) in [5.41, 5.74) is -0.159. The largest absolute Gasteiger partial charge is 0.481 e. The number of hydrogen-bond acceptors (Lipinski definition) is 4. The van der Waals surface area contributed by atoms with Crippen molar-refractivity contribution in [2.24, 2.45) is 56.7 Å². The molecule has 5 fully saturated rings. The van der Waals surface area contributed by atoms with Crippen LogP contribution in [-0.2, 0) is 14.3 Å². The predicted molar refractivity (Wildman–Crippen MR) is 157 cm³/mol. The number of rotatable bonds is 5. The molecule has 0 aromatic rings. The Hall–Kier alpha value is -1.36. The van der Waals surface area contributed by atoms with Gasteiger partial charge in [0, 0.05) is 5.41 Å². The minimum atomic E-state index is -1.06. The maximum atomic E-state index is 12.9. The molecule has 0 aliphatic heterocycles. The molecule has 5 saturated carbocycles. The summed E-state index contributed by atoms with van der Waals surface area (Å²) in [7, 11) is 0. The fourth-order valence-corrected chi connectivity index (χ4v) is 12.3. The van der Waals surface area contributed by atoms with Crippen molar-refractivity contribution < 1.29 is 24.5 Å². The van der Waals surface area contributed by atoms with Crippen molar-refractivity contribution in [2.45, 2.75) is 138 Å². The van der Waals surface area contributed by atoms with Gasteiger partial charge in [0.15, 0.2) is 0 Å². The molecule has 40 heavy (non-hydrogen) atoms. The molecule has 5 nitrogen and oxygen atoms in total. The van der Waals surface area contributed by atoms with Crippen LogP contribution in [0.1, 0.15) is 126 Å². The zero-order chi connectivity index (χ0) is 29.7. The summed E-state index contributed by atoms with van der Waals surface area (Å²) < 4.78 is 6.10. The normalized spacial score (nSPS) is 47.7. The smallest absolute Gasteiger partial charge is 0.309 e. The predicted octanol–water partition coefficient (Wildman–Crippen LogP) is 7.80. The third kappa shape index (κ3) is 4.09. The Bertz CT molecular complexity index is 1070. The van der Waals surface area contributed by atoms with E-state index in [4.69, 9.17) is 4.74 Å². The Morgan fingerprint density at radius 2 is 1.55 bits per heavy atom. The van der Waals surface area contributed by atoms with Crippen molar-refractivity contribution >= 4 is 11.9 Å². The molecule has 0 radical (unpaired) electrons. The van der Waals surface area contributed by atoms with Crippen LogP contribution in [0.4, 0.5) is 0 Å². The van der Waals surface area contributed by atoms with Gasteiger partial charge in [0.25, 0.3) is 0 Å². The molecule has 0 amide bonds. The summed E-state index contributed by atoms with van der Waals surface area (Å²) >= 11 is 0. The van der Waals surface area contributed by atoms with Gasteiger partial charge in [-0.3, -0.25) is 9.59 Å². The molecule has 10 atom stereocenters. The van der Waals surface area contributed by atoms with Crippen molar-refractivity contribution in [2.75, 3.05) is 0 Å². The number of carboxylic acids is 1. The Balaban J connectivity index is 1.45. The lowest BCUT2D eigenvalue weighted by Gasteiger charge is -2.72. The summed E-state index contributed by atoms with van der Waals surface area (Å²) in [4.78, 5) is 25.6. The van der Waals surface area contributed by atoms with Crippen LogP contribution in [0.5, 0.6) is 0 Å². The summed E-state index contributed by atoms with van der Waals surface area (Å²) in [5, 5.41) is 20.8. The minimum absolute atomic E-state index is 0.0200. The topological polar surface area (TPSA) is 83.8 Å². The maximum absolute atomic E-state index is 12.9. The van der Waals surface area contributed by atoms with Gasteiger partial charge in [0.05, 0.1) is 17.4 Å². The van der Waals surface area contributed by atoms with E-state index in [0.29, 0.717) is 23.7 Å². The summed E-state index contributed by atoms with van der Waals surface area (Å²) in [6.45, 7) is 22.1. The van der Waals surface area contributed by atoms with E-state index in [2.05, 4.69) is 48.1 Å². The van der Waals surface area contributed by atoms with Gasteiger partial charge in [0.1, 0.15) is 6.10 Å². The molecule has 0 spiro atoms. The number of hydrogen-bond donors (Lipinski definition) is 2. The Labute approximate surface area is 242 Å². The van der Waals surface area contributed by atoms with Gasteiger partial charge in [-0.05, 0) is 131 Å². The van der Waals surface area contributed by atoms with E-state index < -0.39 is 17.0 Å². The lowest BCUT2D eigenvalue weighted by molar-refractivity contribution is -0.250. The third-order valence-corrected chi connectivity index (χ3v) is 14.3. The number of aliphatic hydroxyl groups is 1. The van der Waals surface area contributed by atoms with Gasteiger partial charge >= 0.3 is 11.9 Å². The summed E-state index contributed by atoms with van der Waals surface area (Å²) in [6, 6.07) is 0. The molecule has 5 aliphatic rings. The molecule has 0 aromatic carbocycles. The molecule has 2 N–H and O–H groups in total. The zero-order valence-corrected chi connectivity index (χ0v) is 26.6. The number of ether oxygens (including phenoxy) is 1. The van der Waals surface area contributed by atoms with Crippen molar-refractivity contribution in [1.82, 2.24) is 0 Å². The lowest BCUT2D eigenvalue weighted by Crippen LogP contribution is -2.67. The summed E-state index contributed by atoms with van der Waals surface area (Å²) in [6.07, 6.45) is 9.97. The first kappa shape index (κ1) is 30.1. The molecule has 5 heteroatoms. The number of carbonyl (C=O) groups is 2. The van der Waals surface area contributed by atoms with Gasteiger partial charge in [-0.2, -0.15) is 0 Å². The zero-order valence-electron chi connectivity index (χ0n) is 26.6. The average Bonchev–Trinajstić information content (AvgIpc) is 3.22. The first-order valence-electron chi connectivity index (χ1n) is 16.1. The van der Waals surface area contributed by atoms with Crippen molar-refractivity contribution in [3.05, 3.63) is 12.2 Å². The molecule has 5 aliphatic carbocycles. The number of carboxylic acid groups (broad SMARTS) is 1. The minimum Gasteiger partial charge on any atom is -0.481 e. The molecular formula is C35H56O5. The Morgan fingerprint density at radius 1 is 0.875 bits per heavy atom. The monoisotopic (exact) mass is 556 g/mol. The SMILES string of the molecule is C=C(C)[C@@H]1CC[C@]2(C(=O)O)CC[C@]3(C)[C@H](CC[C@@H]4[C@@]5(C)CC[C@H](OC(=O)CC(C)(C)O)C(C)(C)[C@@H]5CC[C@]43C)[C@@H]12. The molecular weight excluding hydrogens is 500 g/mol. The van der Waals surface area contributed by atoms with Crippen LogP contribution in [-0.4, -0.2) is 33.9 Å². The standard InChI is InChI=1S/C35H56O5/c1-21(2)22-12-17-35(29(37)38)19-18-33(8)23(28(22)35)10-11-25-32(7)15-14-26(40-27(36)20-30(3,4)39)31(5,6)24(32)13-16-34(25,33)9/h22-26,28,39H,1,10-20H2,2-9H3,(H,37,38)/t22-,23+,24-,25+,26-,28+,32-,33+,34+,35-/m0/s1. The number of carbonyl (C=O) groups excluding carboxylic acids is 1. The number of fused-ring (bicyclic) bond motifs is 7. The highest BCUT2D eigenvalue weighted by Crippen LogP contribution is 2.77. The second-order valence-electron chi connectivity index (χ2n) is 17.0. The first-order valence-corrected chi connectivity index (χ1v) is 16.1. The second-order valence-corrected chi connectivity index (χ2v) is 17.0. The van der Waals surface area contributed by atoms with Crippen LogP contribution in [0, 0.1) is 56.7 Å². The van der Waals surface area contributed by atoms with Crippen LogP contribution in [0.25, 0.3) is 0 Å². The number of allylic oxidation sites excluding steroid dienone is 1. The highest BCUT2D eigenvalue weighted by atomic mass is 16.5. The maximum Gasteiger partial charge on any atom is 0.309 e. The molecule has 226 valence electrons. The van der Waals surface area contributed by atoms with Crippen LogP contribution >= 0.6 is 0 Å². The fourth-order valence-electron chi connectivity index (χ4n) is 12.3. The van der Waals surface area contributed by atoms with E-state index in [1.54, 1.807) is 13.8 Å². The number of esters is 1. The van der Waals surface area contributed by atoms with Crippen LogP contribution in [0.2, 0.25) is 0 Å². The molecule has 0 aromatic heterocycles. The van der Waals surface area contributed by atoms with E-state index in [9.17, 15) is 19.8 Å². The lowest BCUT2D eigenvalue weighted by atomic mass is 9.32. The van der Waals surface area contributed by atoms with E-state index in [1.165, 1.54) is 5.57 Å². The average molecular weight is 557 g/mol. The number of aliphatic carboxylic acids is 1. The van der Waals surface area contributed by atoms with E-state index in [0.717, 1.165) is 64.2 Å². The van der Waals surface area contributed by atoms with E-state index in [1.807, 2.05) is 0 Å². The van der Waals surface area contributed by atoms with E-state index in [-0.39, 0.29) is 46.1 Å². The first-order chi connectivity index (χ1) is 18.3.